The monoisotopic (exact) mass is 385 g/mol. The summed E-state index contributed by atoms with van der Waals surface area (Å²) in [5, 5.41) is 9.16. The van der Waals surface area contributed by atoms with E-state index in [9.17, 15) is 22.0 Å². The van der Waals surface area contributed by atoms with Crippen LogP contribution >= 0.6 is 15.9 Å². The fourth-order valence-electron chi connectivity index (χ4n) is 1.86. The summed E-state index contributed by atoms with van der Waals surface area (Å²) in [5.41, 5.74) is -1.78. The van der Waals surface area contributed by atoms with Gasteiger partial charge in [0, 0.05) is 17.1 Å². The molecule has 0 aliphatic heterocycles. The number of carbonyl (C=O) groups is 1. The highest BCUT2D eigenvalue weighted by Crippen LogP contribution is 2.32. The first kappa shape index (κ1) is 18.0. The van der Waals surface area contributed by atoms with Crippen LogP contribution in [0.4, 0.5) is 8.78 Å². The molecule has 0 spiro atoms. The SMILES string of the molecule is CCN(C(C)(C)C(=O)O)S(=O)(=O)c1c(F)cc(F)cc1Br. The summed E-state index contributed by atoms with van der Waals surface area (Å²) in [6.07, 6.45) is 0. The van der Waals surface area contributed by atoms with Crippen LogP contribution in [-0.2, 0) is 14.8 Å². The van der Waals surface area contributed by atoms with E-state index in [1.54, 1.807) is 0 Å². The zero-order valence-electron chi connectivity index (χ0n) is 11.5. The van der Waals surface area contributed by atoms with E-state index in [1.807, 2.05) is 0 Å². The van der Waals surface area contributed by atoms with Crippen molar-refractivity contribution < 1.29 is 27.1 Å². The molecule has 9 heteroatoms. The summed E-state index contributed by atoms with van der Waals surface area (Å²) < 4.78 is 52.4. The molecule has 0 saturated carbocycles. The van der Waals surface area contributed by atoms with Crippen LogP contribution in [0.1, 0.15) is 20.8 Å². The average Bonchev–Trinajstić information content (AvgIpc) is 2.26. The fourth-order valence-corrected chi connectivity index (χ4v) is 4.73. The predicted octanol–water partition coefficient (Wildman–Crippen LogP) is 2.60. The largest absolute Gasteiger partial charge is 0.480 e. The van der Waals surface area contributed by atoms with Crippen LogP contribution in [0.5, 0.6) is 0 Å². The second-order valence-electron chi connectivity index (χ2n) is 4.73. The number of carboxylic acids is 1. The molecule has 0 saturated heterocycles. The first-order chi connectivity index (χ1) is 9.46. The molecular formula is C12H14BrF2NO4S. The van der Waals surface area contributed by atoms with E-state index < -0.39 is 38.1 Å². The van der Waals surface area contributed by atoms with Crippen LogP contribution < -0.4 is 0 Å². The summed E-state index contributed by atoms with van der Waals surface area (Å²) in [5.74, 6) is -3.62. The molecule has 0 unspecified atom stereocenters. The molecule has 1 aromatic carbocycles. The number of carboxylic acid groups (broad SMARTS) is 1. The number of hydrogen-bond donors (Lipinski definition) is 1. The van der Waals surface area contributed by atoms with Gasteiger partial charge in [0.15, 0.2) is 0 Å². The van der Waals surface area contributed by atoms with Gasteiger partial charge in [0.05, 0.1) is 0 Å². The minimum absolute atomic E-state index is 0.190. The van der Waals surface area contributed by atoms with Gasteiger partial charge in [0.2, 0.25) is 10.0 Å². The highest BCUT2D eigenvalue weighted by atomic mass is 79.9. The van der Waals surface area contributed by atoms with Crippen LogP contribution in [-0.4, -0.2) is 35.9 Å². The van der Waals surface area contributed by atoms with Crippen molar-refractivity contribution in [2.45, 2.75) is 31.2 Å². The number of benzene rings is 1. The molecule has 0 fully saturated rings. The maximum absolute atomic E-state index is 13.9. The Morgan fingerprint density at radius 2 is 1.90 bits per heavy atom. The van der Waals surface area contributed by atoms with Gasteiger partial charge in [0.25, 0.3) is 0 Å². The number of halogens is 3. The van der Waals surface area contributed by atoms with E-state index in [0.717, 1.165) is 6.07 Å². The number of likely N-dealkylation sites (N-methyl/N-ethyl adjacent to an activating group) is 1. The Morgan fingerprint density at radius 1 is 1.38 bits per heavy atom. The van der Waals surface area contributed by atoms with Gasteiger partial charge in [-0.15, -0.1) is 0 Å². The van der Waals surface area contributed by atoms with Gasteiger partial charge in [0.1, 0.15) is 22.1 Å². The van der Waals surface area contributed by atoms with E-state index >= 15 is 0 Å². The maximum Gasteiger partial charge on any atom is 0.324 e. The van der Waals surface area contributed by atoms with Crippen molar-refractivity contribution in [3.63, 3.8) is 0 Å². The Hall–Kier alpha value is -1.06. The molecule has 118 valence electrons. The molecule has 0 heterocycles. The Kier molecular flexibility index (Phi) is 5.12. The summed E-state index contributed by atoms with van der Waals surface area (Å²) in [7, 11) is -4.47. The molecule has 0 atom stereocenters. The molecule has 0 aromatic heterocycles. The fraction of sp³-hybridized carbons (Fsp3) is 0.417. The predicted molar refractivity (Wildman–Crippen MR) is 75.3 cm³/mol. The molecule has 1 N–H and O–H groups in total. The van der Waals surface area contributed by atoms with Gasteiger partial charge in [-0.3, -0.25) is 4.79 Å². The Balaban J connectivity index is 3.57. The summed E-state index contributed by atoms with van der Waals surface area (Å²) in [4.78, 5) is 10.5. The third kappa shape index (κ3) is 3.24. The summed E-state index contributed by atoms with van der Waals surface area (Å²) >= 11 is 2.80. The molecule has 1 rings (SSSR count). The van der Waals surface area contributed by atoms with Gasteiger partial charge >= 0.3 is 5.97 Å². The molecule has 21 heavy (non-hydrogen) atoms. The molecule has 0 bridgehead atoms. The van der Waals surface area contributed by atoms with E-state index in [0.29, 0.717) is 10.4 Å². The molecule has 0 radical (unpaired) electrons. The molecular weight excluding hydrogens is 372 g/mol. The number of hydrogen-bond acceptors (Lipinski definition) is 3. The van der Waals surface area contributed by atoms with Crippen molar-refractivity contribution in [3.8, 4) is 0 Å². The standard InChI is InChI=1S/C12H14BrF2NO4S/c1-4-16(12(2,3)11(17)18)21(19,20)10-8(13)5-7(14)6-9(10)15/h5-6H,4H2,1-3H3,(H,17,18). The minimum Gasteiger partial charge on any atom is -0.480 e. The highest BCUT2D eigenvalue weighted by molar-refractivity contribution is 9.10. The molecule has 0 aliphatic rings. The van der Waals surface area contributed by atoms with Crippen molar-refractivity contribution in [2.75, 3.05) is 6.54 Å². The molecule has 5 nitrogen and oxygen atoms in total. The van der Waals surface area contributed by atoms with E-state index in [4.69, 9.17) is 5.11 Å². The second-order valence-corrected chi connectivity index (χ2v) is 7.39. The van der Waals surface area contributed by atoms with Crippen LogP contribution in [0.2, 0.25) is 0 Å². The third-order valence-electron chi connectivity index (χ3n) is 2.95. The maximum atomic E-state index is 13.9. The first-order valence-corrected chi connectivity index (χ1v) is 8.10. The molecule has 1 aromatic rings. The number of aliphatic carboxylic acids is 1. The minimum atomic E-state index is -4.47. The Morgan fingerprint density at radius 3 is 2.29 bits per heavy atom. The van der Waals surface area contributed by atoms with Crippen molar-refractivity contribution in [1.29, 1.82) is 0 Å². The highest BCUT2D eigenvalue weighted by Gasteiger charge is 2.43. The van der Waals surface area contributed by atoms with Crippen molar-refractivity contribution >= 4 is 31.9 Å². The topological polar surface area (TPSA) is 74.7 Å². The van der Waals surface area contributed by atoms with Crippen molar-refractivity contribution in [1.82, 2.24) is 4.31 Å². The number of sulfonamides is 1. The van der Waals surface area contributed by atoms with Crippen LogP contribution in [0.15, 0.2) is 21.5 Å². The lowest BCUT2D eigenvalue weighted by Gasteiger charge is -2.33. The van der Waals surface area contributed by atoms with E-state index in [-0.39, 0.29) is 11.0 Å². The van der Waals surface area contributed by atoms with Crippen molar-refractivity contribution in [3.05, 3.63) is 28.2 Å². The lowest BCUT2D eigenvalue weighted by molar-refractivity contribution is -0.146. The smallest absolute Gasteiger partial charge is 0.324 e. The number of rotatable bonds is 5. The number of nitrogens with zero attached hydrogens (tertiary/aromatic N) is 1. The van der Waals surface area contributed by atoms with Crippen LogP contribution in [0, 0.1) is 11.6 Å². The zero-order chi connectivity index (χ0) is 16.6. The second kappa shape index (κ2) is 5.98. The summed E-state index contributed by atoms with van der Waals surface area (Å²) in [6, 6.07) is 1.23. The van der Waals surface area contributed by atoms with Gasteiger partial charge < -0.3 is 5.11 Å². The molecule has 0 amide bonds. The van der Waals surface area contributed by atoms with E-state index in [2.05, 4.69) is 15.9 Å². The van der Waals surface area contributed by atoms with Crippen LogP contribution in [0.25, 0.3) is 0 Å². The van der Waals surface area contributed by atoms with Crippen LogP contribution in [0.3, 0.4) is 0 Å². The lowest BCUT2D eigenvalue weighted by atomic mass is 10.1. The average molecular weight is 386 g/mol. The first-order valence-electron chi connectivity index (χ1n) is 5.87. The van der Waals surface area contributed by atoms with Gasteiger partial charge in [-0.05, 0) is 35.8 Å². The molecule has 0 aliphatic carbocycles. The van der Waals surface area contributed by atoms with Gasteiger partial charge in [-0.2, -0.15) is 4.31 Å². The van der Waals surface area contributed by atoms with Gasteiger partial charge in [-0.25, -0.2) is 17.2 Å². The lowest BCUT2D eigenvalue weighted by Crippen LogP contribution is -2.52. The summed E-state index contributed by atoms with van der Waals surface area (Å²) in [6.45, 7) is 3.61. The Bertz CT molecular complexity index is 653. The Labute approximate surface area is 129 Å². The van der Waals surface area contributed by atoms with E-state index in [1.165, 1.54) is 20.8 Å². The quantitative estimate of drug-likeness (QED) is 0.844. The van der Waals surface area contributed by atoms with Gasteiger partial charge in [-0.1, -0.05) is 6.92 Å². The zero-order valence-corrected chi connectivity index (χ0v) is 13.9. The van der Waals surface area contributed by atoms with Crippen molar-refractivity contribution in [2.24, 2.45) is 0 Å². The third-order valence-corrected chi connectivity index (χ3v) is 6.06. The normalized spacial score (nSPS) is 12.7.